The highest BCUT2D eigenvalue weighted by Crippen LogP contribution is 2.29. The Balaban J connectivity index is 1.43. The maximum absolute atomic E-state index is 5.68. The average molecular weight is 331 g/mol. The molecule has 0 amide bonds. The number of aromatic nitrogens is 1. The van der Waals surface area contributed by atoms with Crippen LogP contribution in [0.15, 0.2) is 58.9 Å². The molecule has 1 unspecified atom stereocenters. The van der Waals surface area contributed by atoms with E-state index < -0.39 is 0 Å². The van der Waals surface area contributed by atoms with E-state index in [-0.39, 0.29) is 12.9 Å². The summed E-state index contributed by atoms with van der Waals surface area (Å²) in [6.45, 7) is 2.32. The molecule has 5 heteroatoms. The molecular weight excluding hydrogens is 314 g/mol. The van der Waals surface area contributed by atoms with Crippen LogP contribution in [0, 0.1) is 0 Å². The number of nitrogens with zero attached hydrogens (tertiary/aromatic N) is 1. The van der Waals surface area contributed by atoms with E-state index in [0.29, 0.717) is 0 Å². The van der Waals surface area contributed by atoms with E-state index in [1.165, 1.54) is 4.70 Å². The highest BCUT2D eigenvalue weighted by atomic mass is 32.2. The Bertz CT molecular complexity index is 682. The number of thioether (sulfide) groups is 1. The van der Waals surface area contributed by atoms with Gasteiger partial charge in [-0.2, -0.15) is 0 Å². The highest BCUT2D eigenvalue weighted by Gasteiger charge is 2.08. The highest BCUT2D eigenvalue weighted by molar-refractivity contribution is 8.01. The van der Waals surface area contributed by atoms with Crippen LogP contribution in [0.1, 0.15) is 6.92 Å². The van der Waals surface area contributed by atoms with Gasteiger partial charge in [0.25, 0.3) is 0 Å². The number of rotatable bonds is 7. The van der Waals surface area contributed by atoms with E-state index in [4.69, 9.17) is 9.47 Å². The molecule has 0 bridgehead atoms. The zero-order chi connectivity index (χ0) is 15.2. The van der Waals surface area contributed by atoms with Gasteiger partial charge in [-0.3, -0.25) is 0 Å². The van der Waals surface area contributed by atoms with Crippen molar-refractivity contribution in [1.82, 2.24) is 4.98 Å². The monoisotopic (exact) mass is 331 g/mol. The molecule has 0 spiro atoms. The molecule has 22 heavy (non-hydrogen) atoms. The van der Waals surface area contributed by atoms with Gasteiger partial charge in [0, 0.05) is 5.75 Å². The maximum atomic E-state index is 5.68. The van der Waals surface area contributed by atoms with Crippen molar-refractivity contribution in [2.24, 2.45) is 0 Å². The normalized spacial score (nSPS) is 12.4. The summed E-state index contributed by atoms with van der Waals surface area (Å²) in [4.78, 5) is 4.61. The van der Waals surface area contributed by atoms with Gasteiger partial charge in [0.15, 0.2) is 11.1 Å². The molecule has 1 atom stereocenters. The molecule has 0 aliphatic carbocycles. The fourth-order valence-corrected chi connectivity index (χ4v) is 3.93. The second kappa shape index (κ2) is 7.63. The van der Waals surface area contributed by atoms with Crippen LogP contribution in [0.5, 0.6) is 5.75 Å². The van der Waals surface area contributed by atoms with Crippen molar-refractivity contribution < 1.29 is 9.47 Å². The second-order valence-corrected chi connectivity index (χ2v) is 7.11. The van der Waals surface area contributed by atoms with Crippen LogP contribution >= 0.6 is 23.1 Å². The van der Waals surface area contributed by atoms with Gasteiger partial charge in [-0.25, -0.2) is 4.98 Å². The molecule has 2 aromatic carbocycles. The summed E-state index contributed by atoms with van der Waals surface area (Å²) >= 11 is 3.45. The Hall–Kier alpha value is -1.56. The minimum Gasteiger partial charge on any atom is -0.468 e. The van der Waals surface area contributed by atoms with Crippen molar-refractivity contribution in [3.63, 3.8) is 0 Å². The Morgan fingerprint density at radius 1 is 1.09 bits per heavy atom. The third-order valence-electron chi connectivity index (χ3n) is 3.04. The van der Waals surface area contributed by atoms with E-state index in [2.05, 4.69) is 18.0 Å². The maximum Gasteiger partial charge on any atom is 0.189 e. The first-order valence-electron chi connectivity index (χ1n) is 7.09. The van der Waals surface area contributed by atoms with Gasteiger partial charge in [-0.15, -0.1) is 11.3 Å². The molecule has 0 radical (unpaired) electrons. The van der Waals surface area contributed by atoms with Crippen molar-refractivity contribution in [3.05, 3.63) is 54.6 Å². The van der Waals surface area contributed by atoms with Crippen LogP contribution in [-0.4, -0.2) is 23.6 Å². The summed E-state index contributed by atoms with van der Waals surface area (Å²) in [5.74, 6) is 1.69. The van der Waals surface area contributed by atoms with Crippen molar-refractivity contribution in [3.8, 4) is 5.75 Å². The van der Waals surface area contributed by atoms with E-state index in [9.17, 15) is 0 Å². The van der Waals surface area contributed by atoms with Crippen LogP contribution in [0.2, 0.25) is 0 Å². The molecule has 0 fully saturated rings. The number of para-hydroxylation sites is 2. The lowest BCUT2D eigenvalue weighted by atomic mass is 10.3. The molecule has 3 rings (SSSR count). The lowest BCUT2D eigenvalue weighted by Crippen LogP contribution is -2.15. The standard InChI is InChI=1S/C17H17NO2S2/c1-13(19-12-20-14-7-3-2-4-8-14)11-21-17-18-15-9-5-6-10-16(15)22-17/h2-10,13H,11-12H2,1H3. The van der Waals surface area contributed by atoms with Gasteiger partial charge in [0.1, 0.15) is 5.75 Å². The van der Waals surface area contributed by atoms with Crippen LogP contribution < -0.4 is 4.74 Å². The lowest BCUT2D eigenvalue weighted by molar-refractivity contribution is -0.0180. The van der Waals surface area contributed by atoms with Crippen LogP contribution in [0.25, 0.3) is 10.2 Å². The molecule has 0 N–H and O–H groups in total. The van der Waals surface area contributed by atoms with Gasteiger partial charge in [0.2, 0.25) is 0 Å². The van der Waals surface area contributed by atoms with Crippen molar-refractivity contribution in [1.29, 1.82) is 0 Å². The largest absolute Gasteiger partial charge is 0.468 e. The quantitative estimate of drug-likeness (QED) is 0.458. The van der Waals surface area contributed by atoms with Crippen molar-refractivity contribution in [2.75, 3.05) is 12.5 Å². The Morgan fingerprint density at radius 2 is 1.86 bits per heavy atom. The van der Waals surface area contributed by atoms with E-state index in [1.807, 2.05) is 48.5 Å². The van der Waals surface area contributed by atoms with Gasteiger partial charge in [0.05, 0.1) is 16.3 Å². The first-order chi connectivity index (χ1) is 10.8. The minimum atomic E-state index is 0.112. The molecule has 3 aromatic rings. The fourth-order valence-electron chi connectivity index (χ4n) is 1.88. The summed E-state index contributed by atoms with van der Waals surface area (Å²) in [6.07, 6.45) is 0.112. The predicted molar refractivity (Wildman–Crippen MR) is 92.8 cm³/mol. The summed E-state index contributed by atoms with van der Waals surface area (Å²) < 4.78 is 13.5. The van der Waals surface area contributed by atoms with Crippen LogP contribution in [0.4, 0.5) is 0 Å². The van der Waals surface area contributed by atoms with Crippen molar-refractivity contribution in [2.45, 2.75) is 17.4 Å². The Labute approximate surface area is 138 Å². The van der Waals surface area contributed by atoms with Gasteiger partial charge in [-0.1, -0.05) is 42.1 Å². The molecule has 0 aliphatic heterocycles. The van der Waals surface area contributed by atoms with Crippen LogP contribution in [-0.2, 0) is 4.74 Å². The van der Waals surface area contributed by atoms with E-state index in [1.54, 1.807) is 23.1 Å². The predicted octanol–water partition coefficient (Wildman–Crippen LogP) is 4.83. The Kier molecular flexibility index (Phi) is 5.32. The number of thiazole rings is 1. The van der Waals surface area contributed by atoms with E-state index in [0.717, 1.165) is 21.4 Å². The third-order valence-corrected chi connectivity index (χ3v) is 5.45. The van der Waals surface area contributed by atoms with Crippen molar-refractivity contribution >= 4 is 33.3 Å². The molecule has 1 heterocycles. The molecule has 0 saturated carbocycles. The number of hydrogen-bond donors (Lipinski definition) is 0. The summed E-state index contributed by atoms with van der Waals surface area (Å²) in [5.41, 5.74) is 1.07. The number of ether oxygens (including phenoxy) is 2. The lowest BCUT2D eigenvalue weighted by Gasteiger charge is -2.12. The van der Waals surface area contributed by atoms with Gasteiger partial charge >= 0.3 is 0 Å². The summed E-state index contributed by atoms with van der Waals surface area (Å²) in [7, 11) is 0. The first-order valence-corrected chi connectivity index (χ1v) is 8.89. The zero-order valence-electron chi connectivity index (χ0n) is 12.3. The SMILES string of the molecule is CC(CSc1nc2ccccc2s1)OCOc1ccccc1. The molecular formula is C17H17NO2S2. The summed E-state index contributed by atoms with van der Waals surface area (Å²) in [6, 6.07) is 17.9. The zero-order valence-corrected chi connectivity index (χ0v) is 13.9. The third kappa shape index (κ3) is 4.22. The molecule has 0 aliphatic rings. The fraction of sp³-hybridized carbons (Fsp3) is 0.235. The van der Waals surface area contributed by atoms with Gasteiger partial charge in [-0.05, 0) is 31.2 Å². The van der Waals surface area contributed by atoms with E-state index >= 15 is 0 Å². The van der Waals surface area contributed by atoms with Crippen LogP contribution in [0.3, 0.4) is 0 Å². The molecule has 114 valence electrons. The minimum absolute atomic E-state index is 0.112. The Morgan fingerprint density at radius 3 is 2.68 bits per heavy atom. The molecule has 1 aromatic heterocycles. The number of benzene rings is 2. The van der Waals surface area contributed by atoms with Gasteiger partial charge < -0.3 is 9.47 Å². The number of hydrogen-bond acceptors (Lipinski definition) is 5. The first kappa shape index (κ1) is 15.3. The molecule has 0 saturated heterocycles. The smallest absolute Gasteiger partial charge is 0.189 e. The topological polar surface area (TPSA) is 31.4 Å². The molecule has 3 nitrogen and oxygen atoms in total. The summed E-state index contributed by atoms with van der Waals surface area (Å²) in [5, 5.41) is 0. The number of fused-ring (bicyclic) bond motifs is 1. The average Bonchev–Trinajstić information content (AvgIpc) is 2.97. The second-order valence-electron chi connectivity index (χ2n) is 4.81.